The molecule has 5 rings (SSSR count). The van der Waals surface area contributed by atoms with Gasteiger partial charge in [0.15, 0.2) is 0 Å². The Morgan fingerprint density at radius 2 is 1.27 bits per heavy atom. The van der Waals surface area contributed by atoms with Crippen molar-refractivity contribution in [3.05, 3.63) is 144 Å². The number of benzene rings is 4. The smallest absolute Gasteiger partial charge is 0.338 e. The zero-order chi connectivity index (χ0) is 22.7. The summed E-state index contributed by atoms with van der Waals surface area (Å²) in [6.07, 6.45) is 0. The van der Waals surface area contributed by atoms with Crippen LogP contribution in [-0.2, 0) is 16.9 Å². The highest BCUT2D eigenvalue weighted by Gasteiger charge is 2.56. The van der Waals surface area contributed by atoms with Gasteiger partial charge >= 0.3 is 5.97 Å². The van der Waals surface area contributed by atoms with E-state index in [1.807, 2.05) is 109 Å². The molecule has 0 bridgehead atoms. The van der Waals surface area contributed by atoms with Gasteiger partial charge in [0.1, 0.15) is 5.84 Å². The second-order valence-corrected chi connectivity index (χ2v) is 8.17. The number of carbonyl (C=O) groups is 1. The Balaban J connectivity index is 1.78. The lowest BCUT2D eigenvalue weighted by atomic mass is 9.80. The molecule has 162 valence electrons. The van der Waals surface area contributed by atoms with Gasteiger partial charge in [-0.3, -0.25) is 0 Å². The first-order valence-corrected chi connectivity index (χ1v) is 11.0. The van der Waals surface area contributed by atoms with E-state index in [-0.39, 0.29) is 0 Å². The fourth-order valence-electron chi connectivity index (χ4n) is 4.66. The van der Waals surface area contributed by atoms with E-state index in [1.165, 1.54) is 0 Å². The van der Waals surface area contributed by atoms with Gasteiger partial charge in [-0.25, -0.2) is 9.79 Å². The summed E-state index contributed by atoms with van der Waals surface area (Å²) in [5.74, 6) is -0.286. The van der Waals surface area contributed by atoms with Gasteiger partial charge in [0.2, 0.25) is 5.54 Å². The van der Waals surface area contributed by atoms with Crippen molar-refractivity contribution in [1.82, 2.24) is 4.90 Å². The maximum Gasteiger partial charge on any atom is 0.338 e. The third-order valence-corrected chi connectivity index (χ3v) is 6.14. The molecule has 0 spiro atoms. The quantitative estimate of drug-likeness (QED) is 0.427. The van der Waals surface area contributed by atoms with Crippen molar-refractivity contribution in [2.75, 3.05) is 0 Å². The number of hydrogen-bond acceptors (Lipinski definition) is 3. The van der Waals surface area contributed by atoms with E-state index in [2.05, 4.69) is 17.0 Å². The van der Waals surface area contributed by atoms with Gasteiger partial charge < -0.3 is 10.0 Å². The summed E-state index contributed by atoms with van der Waals surface area (Å²) in [6, 6.07) is 38.7. The normalized spacial score (nSPS) is 19.8. The van der Waals surface area contributed by atoms with Crippen molar-refractivity contribution in [3.8, 4) is 0 Å². The van der Waals surface area contributed by atoms with Crippen LogP contribution in [0.5, 0.6) is 0 Å². The molecule has 0 saturated heterocycles. The van der Waals surface area contributed by atoms with Crippen LogP contribution in [0.1, 0.15) is 28.3 Å². The average Bonchev–Trinajstić information content (AvgIpc) is 3.22. The predicted molar refractivity (Wildman–Crippen MR) is 130 cm³/mol. The molecule has 4 aromatic carbocycles. The van der Waals surface area contributed by atoms with Crippen LogP contribution in [-0.4, -0.2) is 21.8 Å². The van der Waals surface area contributed by atoms with Crippen LogP contribution in [0.2, 0.25) is 0 Å². The molecule has 0 amide bonds. The van der Waals surface area contributed by atoms with Crippen molar-refractivity contribution in [2.45, 2.75) is 18.1 Å². The molecule has 0 unspecified atom stereocenters. The second-order valence-electron chi connectivity index (χ2n) is 8.17. The van der Waals surface area contributed by atoms with Crippen LogP contribution in [0.25, 0.3) is 0 Å². The first-order valence-electron chi connectivity index (χ1n) is 11.0. The molecule has 4 aromatic rings. The SMILES string of the molecule is O=C(O)[C@]1(c2ccccc2)N=C(c2ccccc2)N(Cc2ccccc2)[C@@H]1c1ccccc1. The number of hydrogen-bond donors (Lipinski definition) is 1. The van der Waals surface area contributed by atoms with Crippen LogP contribution >= 0.6 is 0 Å². The lowest BCUT2D eigenvalue weighted by molar-refractivity contribution is -0.145. The van der Waals surface area contributed by atoms with E-state index in [0.29, 0.717) is 17.9 Å². The third-order valence-electron chi connectivity index (χ3n) is 6.14. The lowest BCUT2D eigenvalue weighted by Gasteiger charge is -2.36. The van der Waals surface area contributed by atoms with Gasteiger partial charge in [0, 0.05) is 12.1 Å². The van der Waals surface area contributed by atoms with Gasteiger partial charge in [0.25, 0.3) is 0 Å². The minimum Gasteiger partial charge on any atom is -0.479 e. The molecule has 0 aliphatic carbocycles. The van der Waals surface area contributed by atoms with Crippen molar-refractivity contribution in [1.29, 1.82) is 0 Å². The van der Waals surface area contributed by atoms with E-state index >= 15 is 0 Å². The van der Waals surface area contributed by atoms with Crippen molar-refractivity contribution in [2.24, 2.45) is 4.99 Å². The third kappa shape index (κ3) is 3.70. The van der Waals surface area contributed by atoms with Crippen LogP contribution in [0, 0.1) is 0 Å². The molecule has 0 fully saturated rings. The number of rotatable bonds is 6. The summed E-state index contributed by atoms with van der Waals surface area (Å²) in [6.45, 7) is 0.538. The molecular weight excluding hydrogens is 408 g/mol. The Morgan fingerprint density at radius 1 is 0.758 bits per heavy atom. The minimum atomic E-state index is -1.48. The van der Waals surface area contributed by atoms with Crippen molar-refractivity contribution < 1.29 is 9.90 Å². The molecule has 1 aliphatic heterocycles. The van der Waals surface area contributed by atoms with Crippen molar-refractivity contribution >= 4 is 11.8 Å². The highest BCUT2D eigenvalue weighted by Crippen LogP contribution is 2.49. The van der Waals surface area contributed by atoms with E-state index in [0.717, 1.165) is 16.7 Å². The summed E-state index contributed by atoms with van der Waals surface area (Å²) < 4.78 is 0. The number of carboxylic acids is 1. The second kappa shape index (κ2) is 8.75. The first-order chi connectivity index (χ1) is 16.2. The Labute approximate surface area is 193 Å². The van der Waals surface area contributed by atoms with Gasteiger partial charge in [-0.15, -0.1) is 0 Å². The van der Waals surface area contributed by atoms with Gasteiger partial charge in [0.05, 0.1) is 6.04 Å². The van der Waals surface area contributed by atoms with E-state index in [1.54, 1.807) is 0 Å². The number of nitrogens with zero attached hydrogens (tertiary/aromatic N) is 2. The summed E-state index contributed by atoms with van der Waals surface area (Å²) >= 11 is 0. The maximum atomic E-state index is 13.1. The molecule has 33 heavy (non-hydrogen) atoms. The predicted octanol–water partition coefficient (Wildman–Crippen LogP) is 5.67. The summed E-state index contributed by atoms with van der Waals surface area (Å²) in [4.78, 5) is 20.3. The monoisotopic (exact) mass is 432 g/mol. The van der Waals surface area contributed by atoms with Gasteiger partial charge in [-0.05, 0) is 16.7 Å². The average molecular weight is 433 g/mol. The standard InChI is InChI=1S/C29H24N2O2/c32-28(33)29(25-19-11-4-12-20-25)26(23-15-7-2-8-16-23)31(21-22-13-5-1-6-14-22)27(30-29)24-17-9-3-10-18-24/h1-20,26H,21H2,(H,32,33)/t26-,29-/m1/s1. The summed E-state index contributed by atoms with van der Waals surface area (Å²) in [5, 5.41) is 10.8. The number of aliphatic carboxylic acids is 1. The van der Waals surface area contributed by atoms with Crippen LogP contribution in [0.15, 0.2) is 126 Å². The first kappa shape index (κ1) is 20.7. The van der Waals surface area contributed by atoms with Crippen molar-refractivity contribution in [3.63, 3.8) is 0 Å². The highest BCUT2D eigenvalue weighted by atomic mass is 16.4. The fraction of sp³-hybridized carbons (Fsp3) is 0.103. The molecule has 4 heteroatoms. The molecule has 4 nitrogen and oxygen atoms in total. The zero-order valence-corrected chi connectivity index (χ0v) is 18.1. The largest absolute Gasteiger partial charge is 0.479 e. The molecule has 1 N–H and O–H groups in total. The highest BCUT2D eigenvalue weighted by molar-refractivity contribution is 6.04. The number of carboxylic acid groups (broad SMARTS) is 1. The van der Waals surface area contributed by atoms with Crippen LogP contribution in [0.4, 0.5) is 0 Å². The van der Waals surface area contributed by atoms with Crippen LogP contribution in [0.3, 0.4) is 0 Å². The molecule has 0 aromatic heterocycles. The molecule has 1 heterocycles. The number of amidine groups is 1. The Bertz CT molecular complexity index is 1260. The van der Waals surface area contributed by atoms with E-state index in [4.69, 9.17) is 4.99 Å². The summed E-state index contributed by atoms with van der Waals surface area (Å²) in [5.41, 5.74) is 2.08. The maximum absolute atomic E-state index is 13.1. The van der Waals surface area contributed by atoms with Gasteiger partial charge in [-0.1, -0.05) is 121 Å². The van der Waals surface area contributed by atoms with E-state index < -0.39 is 17.6 Å². The Morgan fingerprint density at radius 3 is 1.85 bits per heavy atom. The minimum absolute atomic E-state index is 0.519. The van der Waals surface area contributed by atoms with E-state index in [9.17, 15) is 9.90 Å². The number of aliphatic imine (C=N–C) groups is 1. The topological polar surface area (TPSA) is 52.9 Å². The molecule has 0 saturated carbocycles. The van der Waals surface area contributed by atoms with Crippen LogP contribution < -0.4 is 0 Å². The Kier molecular flexibility index (Phi) is 5.49. The summed E-state index contributed by atoms with van der Waals surface area (Å²) in [7, 11) is 0. The molecule has 1 aliphatic rings. The molecular formula is C29H24N2O2. The molecule has 0 radical (unpaired) electrons. The molecule has 2 atom stereocenters. The Hall–Kier alpha value is -4.18. The van der Waals surface area contributed by atoms with Gasteiger partial charge in [-0.2, -0.15) is 0 Å². The lowest BCUT2D eigenvalue weighted by Crippen LogP contribution is -2.43. The fourth-order valence-corrected chi connectivity index (χ4v) is 4.66. The zero-order valence-electron chi connectivity index (χ0n) is 18.1.